The molecule has 136 valence electrons. The third kappa shape index (κ3) is 3.88. The molecule has 1 amide bonds. The van der Waals surface area contributed by atoms with Crippen LogP contribution in [0.2, 0.25) is 5.02 Å². The van der Waals surface area contributed by atoms with Gasteiger partial charge in [-0.25, -0.2) is 4.68 Å². The van der Waals surface area contributed by atoms with Crippen LogP contribution in [0.3, 0.4) is 0 Å². The van der Waals surface area contributed by atoms with Crippen LogP contribution in [-0.2, 0) is 11.0 Å². The normalized spacial score (nSPS) is 12.8. The molecule has 0 saturated carbocycles. The number of amides is 1. The van der Waals surface area contributed by atoms with Crippen molar-refractivity contribution in [3.05, 3.63) is 59.5 Å². The summed E-state index contributed by atoms with van der Waals surface area (Å²) >= 11 is 5.83. The number of hydrogen-bond donors (Lipinski definition) is 1. The van der Waals surface area contributed by atoms with Crippen LogP contribution in [0.4, 0.5) is 19.0 Å². The van der Waals surface area contributed by atoms with Crippen LogP contribution in [0.1, 0.15) is 18.7 Å². The summed E-state index contributed by atoms with van der Waals surface area (Å²) in [5.41, 5.74) is -0.311. The summed E-state index contributed by atoms with van der Waals surface area (Å²) in [7, 11) is 0. The predicted molar refractivity (Wildman–Crippen MR) is 89.1 cm³/mol. The number of halogens is 4. The van der Waals surface area contributed by atoms with Crippen molar-refractivity contribution in [1.82, 2.24) is 19.6 Å². The summed E-state index contributed by atoms with van der Waals surface area (Å²) in [5, 5.41) is 10.7. The minimum atomic E-state index is -4.56. The number of alkyl halides is 3. The van der Waals surface area contributed by atoms with E-state index in [2.05, 4.69) is 15.5 Å². The minimum Gasteiger partial charge on any atom is -0.307 e. The zero-order valence-corrected chi connectivity index (χ0v) is 14.2. The molecule has 3 aromatic rings. The molecule has 2 aromatic heterocycles. The van der Waals surface area contributed by atoms with Gasteiger partial charge in [-0.15, -0.1) is 0 Å². The molecular weight excluding hydrogens is 371 g/mol. The Labute approximate surface area is 151 Å². The molecule has 10 heteroatoms. The van der Waals surface area contributed by atoms with Crippen molar-refractivity contribution >= 4 is 23.3 Å². The van der Waals surface area contributed by atoms with Crippen LogP contribution in [0.15, 0.2) is 48.8 Å². The molecule has 2 heterocycles. The van der Waals surface area contributed by atoms with E-state index < -0.39 is 23.8 Å². The average Bonchev–Trinajstić information content (AvgIpc) is 3.24. The lowest BCUT2D eigenvalue weighted by molar-refractivity contribution is -0.141. The van der Waals surface area contributed by atoms with E-state index in [4.69, 9.17) is 11.6 Å². The van der Waals surface area contributed by atoms with Gasteiger partial charge in [0.2, 0.25) is 5.91 Å². The highest BCUT2D eigenvalue weighted by atomic mass is 35.5. The van der Waals surface area contributed by atoms with E-state index in [1.54, 1.807) is 36.5 Å². The Hall–Kier alpha value is -2.81. The van der Waals surface area contributed by atoms with E-state index in [1.807, 2.05) is 0 Å². The van der Waals surface area contributed by atoms with Crippen molar-refractivity contribution in [2.75, 3.05) is 5.32 Å². The predicted octanol–water partition coefficient (Wildman–Crippen LogP) is 3.94. The maximum atomic E-state index is 12.6. The molecule has 0 radical (unpaired) electrons. The molecule has 0 aliphatic heterocycles. The molecule has 6 nitrogen and oxygen atoms in total. The molecule has 0 aliphatic carbocycles. The first-order valence-corrected chi connectivity index (χ1v) is 7.86. The van der Waals surface area contributed by atoms with E-state index in [-0.39, 0.29) is 5.82 Å². The van der Waals surface area contributed by atoms with Crippen molar-refractivity contribution in [1.29, 1.82) is 0 Å². The van der Waals surface area contributed by atoms with Gasteiger partial charge in [-0.2, -0.15) is 23.4 Å². The Morgan fingerprint density at radius 3 is 2.42 bits per heavy atom. The largest absolute Gasteiger partial charge is 0.435 e. The molecule has 0 spiro atoms. The maximum Gasteiger partial charge on any atom is 0.435 e. The van der Waals surface area contributed by atoms with Crippen molar-refractivity contribution in [2.24, 2.45) is 0 Å². The van der Waals surface area contributed by atoms with Gasteiger partial charge in [-0.05, 0) is 37.3 Å². The molecule has 1 N–H and O–H groups in total. The summed E-state index contributed by atoms with van der Waals surface area (Å²) in [6, 6.07) is 8.37. The van der Waals surface area contributed by atoms with Crippen molar-refractivity contribution in [2.45, 2.75) is 19.1 Å². The minimum absolute atomic E-state index is 0.264. The number of carbonyl (C=O) groups excluding carboxylic acids is 1. The lowest BCUT2D eigenvalue weighted by Crippen LogP contribution is -2.24. The van der Waals surface area contributed by atoms with Crippen molar-refractivity contribution in [3.8, 4) is 5.69 Å². The zero-order chi connectivity index (χ0) is 18.9. The van der Waals surface area contributed by atoms with E-state index in [0.29, 0.717) is 5.02 Å². The van der Waals surface area contributed by atoms with E-state index in [9.17, 15) is 18.0 Å². The summed E-state index contributed by atoms with van der Waals surface area (Å²) < 4.78 is 40.3. The second-order valence-electron chi connectivity index (χ2n) is 5.47. The summed E-state index contributed by atoms with van der Waals surface area (Å²) in [5.74, 6) is -0.275. The Kier molecular flexibility index (Phi) is 4.73. The summed E-state index contributed by atoms with van der Waals surface area (Å²) in [6.45, 7) is 1.44. The van der Waals surface area contributed by atoms with Crippen LogP contribution >= 0.6 is 11.6 Å². The van der Waals surface area contributed by atoms with Gasteiger partial charge < -0.3 is 5.32 Å². The fraction of sp³-hybridized carbons (Fsp3) is 0.188. The fourth-order valence-electron chi connectivity index (χ4n) is 2.18. The van der Waals surface area contributed by atoms with Gasteiger partial charge in [0.05, 0.1) is 5.69 Å². The lowest BCUT2D eigenvalue weighted by Gasteiger charge is -2.11. The Balaban J connectivity index is 1.70. The second kappa shape index (κ2) is 6.83. The van der Waals surface area contributed by atoms with Gasteiger partial charge in [0.1, 0.15) is 6.04 Å². The summed E-state index contributed by atoms with van der Waals surface area (Å²) in [6.07, 6.45) is -1.81. The van der Waals surface area contributed by atoms with Crippen LogP contribution < -0.4 is 5.32 Å². The van der Waals surface area contributed by atoms with Crippen LogP contribution in [-0.4, -0.2) is 25.5 Å². The number of rotatable bonds is 4. The number of hydrogen-bond acceptors (Lipinski definition) is 3. The SMILES string of the molecule is CC(C(=O)Nc1ccn(-c2ccc(Cl)cc2)n1)n1ccc(C(F)(F)F)n1. The molecule has 3 rings (SSSR count). The molecule has 1 aromatic carbocycles. The lowest BCUT2D eigenvalue weighted by atomic mass is 10.3. The van der Waals surface area contributed by atoms with Gasteiger partial charge >= 0.3 is 6.18 Å². The van der Waals surface area contributed by atoms with Gasteiger partial charge in [0.25, 0.3) is 0 Å². The zero-order valence-electron chi connectivity index (χ0n) is 13.4. The number of nitrogens with one attached hydrogen (secondary N) is 1. The third-order valence-corrected chi connectivity index (χ3v) is 3.86. The van der Waals surface area contributed by atoms with Crippen LogP contribution in [0, 0.1) is 0 Å². The average molecular weight is 384 g/mol. The first kappa shape index (κ1) is 18.0. The molecule has 26 heavy (non-hydrogen) atoms. The van der Waals surface area contributed by atoms with Gasteiger partial charge in [-0.1, -0.05) is 11.6 Å². The quantitative estimate of drug-likeness (QED) is 0.742. The first-order valence-electron chi connectivity index (χ1n) is 7.49. The van der Waals surface area contributed by atoms with Gasteiger partial charge in [0, 0.05) is 23.5 Å². The van der Waals surface area contributed by atoms with E-state index >= 15 is 0 Å². The van der Waals surface area contributed by atoms with E-state index in [1.165, 1.54) is 11.6 Å². The third-order valence-electron chi connectivity index (χ3n) is 3.61. The Morgan fingerprint density at radius 2 is 1.81 bits per heavy atom. The molecule has 0 aliphatic rings. The smallest absolute Gasteiger partial charge is 0.307 e. The summed E-state index contributed by atoms with van der Waals surface area (Å²) in [4.78, 5) is 12.2. The molecule has 1 atom stereocenters. The van der Waals surface area contributed by atoms with Crippen molar-refractivity contribution < 1.29 is 18.0 Å². The highest BCUT2D eigenvalue weighted by Gasteiger charge is 2.34. The number of aromatic nitrogens is 4. The second-order valence-corrected chi connectivity index (χ2v) is 5.90. The fourth-order valence-corrected chi connectivity index (χ4v) is 2.31. The Morgan fingerprint density at radius 1 is 1.12 bits per heavy atom. The number of nitrogens with zero attached hydrogens (tertiary/aromatic N) is 4. The maximum absolute atomic E-state index is 12.6. The monoisotopic (exact) mass is 383 g/mol. The standard InChI is InChI=1S/C16H13ClF3N5O/c1-10(24-8-6-13(22-24)16(18,19)20)15(26)21-14-7-9-25(23-14)12-4-2-11(17)3-5-12/h2-10H,1H3,(H,21,23,26). The van der Waals surface area contributed by atoms with Crippen molar-refractivity contribution in [3.63, 3.8) is 0 Å². The Bertz CT molecular complexity index is 917. The highest BCUT2D eigenvalue weighted by molar-refractivity contribution is 6.30. The molecule has 0 fully saturated rings. The number of anilines is 1. The van der Waals surface area contributed by atoms with Gasteiger partial charge in [-0.3, -0.25) is 9.48 Å². The highest BCUT2D eigenvalue weighted by Crippen LogP contribution is 2.28. The first-order chi connectivity index (χ1) is 12.2. The molecule has 1 unspecified atom stereocenters. The number of benzene rings is 1. The molecular formula is C16H13ClF3N5O. The molecule has 0 saturated heterocycles. The van der Waals surface area contributed by atoms with Gasteiger partial charge in [0.15, 0.2) is 11.5 Å². The van der Waals surface area contributed by atoms with Crippen LogP contribution in [0.25, 0.3) is 5.69 Å². The molecule has 0 bridgehead atoms. The van der Waals surface area contributed by atoms with E-state index in [0.717, 1.165) is 22.6 Å². The number of carbonyl (C=O) groups is 1. The van der Waals surface area contributed by atoms with Crippen LogP contribution in [0.5, 0.6) is 0 Å². The topological polar surface area (TPSA) is 64.7 Å².